The number of carbonyl (C=O) groups excluding carboxylic acids is 1. The van der Waals surface area contributed by atoms with Crippen molar-refractivity contribution in [2.45, 2.75) is 31.6 Å². The van der Waals surface area contributed by atoms with E-state index in [9.17, 15) is 4.79 Å². The average Bonchev–Trinajstić information content (AvgIpc) is 3.18. The summed E-state index contributed by atoms with van der Waals surface area (Å²) in [6.45, 7) is 3.21. The van der Waals surface area contributed by atoms with Gasteiger partial charge in [0, 0.05) is 35.2 Å². The number of piperidine rings is 1. The van der Waals surface area contributed by atoms with Crippen LogP contribution >= 0.6 is 23.2 Å². The van der Waals surface area contributed by atoms with Gasteiger partial charge in [0.05, 0.1) is 12.7 Å². The van der Waals surface area contributed by atoms with Crippen molar-refractivity contribution in [3.05, 3.63) is 69.6 Å². The predicted octanol–water partition coefficient (Wildman–Crippen LogP) is 5.39. The number of carbonyl (C=O) groups is 1. The second-order valence-electron chi connectivity index (χ2n) is 8.48. The third kappa shape index (κ3) is 5.75. The molecular formula is C25H28Cl2N4O2. The zero-order chi connectivity index (χ0) is 23.4. The van der Waals surface area contributed by atoms with E-state index in [4.69, 9.17) is 27.9 Å². The SMILES string of the molecule is COC(=O)c1ccnc(-c2ncc(CCCN3CCC(c4cc(Cl)cc(Cl)c4)CC3)n2C)c1. The molecule has 4 rings (SSSR count). The average molecular weight is 487 g/mol. The lowest BCUT2D eigenvalue weighted by Crippen LogP contribution is -2.33. The molecule has 1 saturated heterocycles. The maximum atomic E-state index is 11.8. The number of likely N-dealkylation sites (tertiary alicyclic amines) is 1. The Bertz CT molecular complexity index is 1100. The Kier molecular flexibility index (Phi) is 7.68. The topological polar surface area (TPSA) is 60.2 Å². The van der Waals surface area contributed by atoms with Crippen molar-refractivity contribution in [2.24, 2.45) is 7.05 Å². The van der Waals surface area contributed by atoms with Crippen molar-refractivity contribution in [1.29, 1.82) is 0 Å². The number of esters is 1. The maximum Gasteiger partial charge on any atom is 0.337 e. The highest BCUT2D eigenvalue weighted by molar-refractivity contribution is 6.34. The van der Waals surface area contributed by atoms with Crippen LogP contribution in [0.5, 0.6) is 0 Å². The standard InChI is InChI=1S/C25H28Cl2N4O2/c1-30-22(16-29-24(30)23-14-18(5-8-28-23)25(32)33-2)4-3-9-31-10-6-17(7-11-31)19-12-20(26)15-21(27)13-19/h5,8,12-17H,3-4,6-7,9-11H2,1-2H3. The van der Waals surface area contributed by atoms with Crippen LogP contribution in [-0.2, 0) is 18.2 Å². The van der Waals surface area contributed by atoms with Gasteiger partial charge in [-0.15, -0.1) is 0 Å². The summed E-state index contributed by atoms with van der Waals surface area (Å²) in [7, 11) is 3.36. The number of ether oxygens (including phenoxy) is 1. The Labute approximate surface area is 204 Å². The summed E-state index contributed by atoms with van der Waals surface area (Å²) in [5, 5.41) is 1.42. The van der Waals surface area contributed by atoms with Gasteiger partial charge >= 0.3 is 5.97 Å². The molecule has 174 valence electrons. The lowest BCUT2D eigenvalue weighted by molar-refractivity contribution is 0.0600. The van der Waals surface area contributed by atoms with Crippen LogP contribution in [-0.4, -0.2) is 52.1 Å². The first-order chi connectivity index (χ1) is 15.9. The molecule has 6 nitrogen and oxygen atoms in total. The van der Waals surface area contributed by atoms with Gasteiger partial charge < -0.3 is 14.2 Å². The third-order valence-corrected chi connectivity index (χ3v) is 6.78. The molecule has 1 aliphatic heterocycles. The number of nitrogens with zero attached hydrogens (tertiary/aromatic N) is 4. The number of aryl methyl sites for hydroxylation is 1. The van der Waals surface area contributed by atoms with Crippen LogP contribution in [0.15, 0.2) is 42.7 Å². The summed E-state index contributed by atoms with van der Waals surface area (Å²) in [6, 6.07) is 9.24. The van der Waals surface area contributed by atoms with Gasteiger partial charge in [-0.05, 0) is 87.1 Å². The van der Waals surface area contributed by atoms with E-state index < -0.39 is 0 Å². The Hall–Kier alpha value is -2.41. The first-order valence-electron chi connectivity index (χ1n) is 11.2. The van der Waals surface area contributed by atoms with E-state index in [0.29, 0.717) is 27.2 Å². The van der Waals surface area contributed by atoms with Gasteiger partial charge in [0.25, 0.3) is 0 Å². The Balaban J connectivity index is 1.30. The molecule has 0 aliphatic carbocycles. The fraction of sp³-hybridized carbons (Fsp3) is 0.400. The summed E-state index contributed by atoms with van der Waals surface area (Å²) in [5.41, 5.74) is 3.53. The smallest absolute Gasteiger partial charge is 0.337 e. The second-order valence-corrected chi connectivity index (χ2v) is 9.35. The minimum Gasteiger partial charge on any atom is -0.465 e. The number of imidazole rings is 1. The Morgan fingerprint density at radius 1 is 1.12 bits per heavy atom. The maximum absolute atomic E-state index is 11.8. The number of hydrogen-bond acceptors (Lipinski definition) is 5. The number of methoxy groups -OCH3 is 1. The van der Waals surface area contributed by atoms with Crippen molar-refractivity contribution in [3.8, 4) is 11.5 Å². The minimum atomic E-state index is -0.379. The highest BCUT2D eigenvalue weighted by Gasteiger charge is 2.21. The molecule has 0 saturated carbocycles. The third-order valence-electron chi connectivity index (χ3n) is 6.35. The molecule has 0 N–H and O–H groups in total. The van der Waals surface area contributed by atoms with Crippen LogP contribution in [0.4, 0.5) is 0 Å². The summed E-state index contributed by atoms with van der Waals surface area (Å²) >= 11 is 12.4. The molecule has 0 spiro atoms. The number of halogens is 2. The zero-order valence-corrected chi connectivity index (χ0v) is 20.4. The molecule has 1 aromatic carbocycles. The molecule has 2 aromatic heterocycles. The molecule has 8 heteroatoms. The van der Waals surface area contributed by atoms with Crippen molar-refractivity contribution >= 4 is 29.2 Å². The van der Waals surface area contributed by atoms with Crippen LogP contribution in [0, 0.1) is 0 Å². The fourth-order valence-electron chi connectivity index (χ4n) is 4.50. The van der Waals surface area contributed by atoms with Crippen LogP contribution in [0.2, 0.25) is 10.0 Å². The number of pyridine rings is 1. The molecule has 0 unspecified atom stereocenters. The monoisotopic (exact) mass is 486 g/mol. The predicted molar refractivity (Wildman–Crippen MR) is 131 cm³/mol. The van der Waals surface area contributed by atoms with E-state index in [2.05, 4.69) is 19.4 Å². The van der Waals surface area contributed by atoms with Crippen molar-refractivity contribution in [1.82, 2.24) is 19.4 Å². The largest absolute Gasteiger partial charge is 0.465 e. The van der Waals surface area contributed by atoms with Crippen molar-refractivity contribution in [3.63, 3.8) is 0 Å². The summed E-state index contributed by atoms with van der Waals surface area (Å²) in [5.74, 6) is 0.886. The van der Waals surface area contributed by atoms with E-state index >= 15 is 0 Å². The number of rotatable bonds is 7. The Morgan fingerprint density at radius 3 is 2.55 bits per heavy atom. The molecule has 0 bridgehead atoms. The van der Waals surface area contributed by atoms with Gasteiger partial charge in [-0.3, -0.25) is 4.98 Å². The molecule has 0 radical (unpaired) electrons. The molecule has 3 aromatic rings. The summed E-state index contributed by atoms with van der Waals surface area (Å²) < 4.78 is 6.86. The van der Waals surface area contributed by atoms with Crippen LogP contribution < -0.4 is 0 Å². The fourth-order valence-corrected chi connectivity index (χ4v) is 5.04. The lowest BCUT2D eigenvalue weighted by atomic mass is 9.89. The molecule has 0 amide bonds. The highest BCUT2D eigenvalue weighted by atomic mass is 35.5. The first kappa shape index (κ1) is 23.7. The van der Waals surface area contributed by atoms with Crippen molar-refractivity contribution < 1.29 is 9.53 Å². The van der Waals surface area contributed by atoms with Crippen molar-refractivity contribution in [2.75, 3.05) is 26.7 Å². The molecule has 3 heterocycles. The number of benzene rings is 1. The number of hydrogen-bond donors (Lipinski definition) is 0. The molecule has 33 heavy (non-hydrogen) atoms. The normalized spacial score (nSPS) is 15.0. The molecule has 1 aliphatic rings. The first-order valence-corrected chi connectivity index (χ1v) is 11.9. The van der Waals surface area contributed by atoms with Gasteiger partial charge in [-0.2, -0.15) is 0 Å². The summed E-state index contributed by atoms with van der Waals surface area (Å²) in [4.78, 5) is 23.3. The van der Waals surface area contributed by atoms with Gasteiger partial charge in [0.2, 0.25) is 0 Å². The van der Waals surface area contributed by atoms with E-state index in [1.54, 1.807) is 24.4 Å². The van der Waals surface area contributed by atoms with E-state index in [1.165, 1.54) is 12.7 Å². The van der Waals surface area contributed by atoms with Gasteiger partial charge in [-0.1, -0.05) is 23.2 Å². The quantitative estimate of drug-likeness (QED) is 0.419. The molecule has 1 fully saturated rings. The van der Waals surface area contributed by atoms with Crippen LogP contribution in [0.25, 0.3) is 11.5 Å². The van der Waals surface area contributed by atoms with Gasteiger partial charge in [0.1, 0.15) is 5.69 Å². The lowest BCUT2D eigenvalue weighted by Gasteiger charge is -2.32. The van der Waals surface area contributed by atoms with Gasteiger partial charge in [0.15, 0.2) is 5.82 Å². The van der Waals surface area contributed by atoms with Gasteiger partial charge in [-0.25, -0.2) is 9.78 Å². The zero-order valence-electron chi connectivity index (χ0n) is 18.9. The van der Waals surface area contributed by atoms with E-state index in [0.717, 1.165) is 56.8 Å². The second kappa shape index (κ2) is 10.7. The van der Waals surface area contributed by atoms with E-state index in [-0.39, 0.29) is 5.97 Å². The Morgan fingerprint density at radius 2 is 1.85 bits per heavy atom. The highest BCUT2D eigenvalue weighted by Crippen LogP contribution is 2.32. The molecular weight excluding hydrogens is 459 g/mol. The van der Waals surface area contributed by atoms with Crippen LogP contribution in [0.1, 0.15) is 46.8 Å². The summed E-state index contributed by atoms with van der Waals surface area (Å²) in [6.07, 6.45) is 7.74. The molecule has 0 atom stereocenters. The van der Waals surface area contributed by atoms with Crippen LogP contribution in [0.3, 0.4) is 0 Å². The van der Waals surface area contributed by atoms with E-state index in [1.807, 2.05) is 25.4 Å². The minimum absolute atomic E-state index is 0.379. The number of aromatic nitrogens is 3.